The van der Waals surface area contributed by atoms with Crippen molar-refractivity contribution in [3.05, 3.63) is 63.8 Å². The molecule has 0 fully saturated rings. The van der Waals surface area contributed by atoms with Crippen molar-refractivity contribution in [2.24, 2.45) is 5.73 Å². The highest BCUT2D eigenvalue weighted by Crippen LogP contribution is 2.17. The first kappa shape index (κ1) is 16.1. The summed E-state index contributed by atoms with van der Waals surface area (Å²) in [6, 6.07) is 13.4. The number of hydrogen-bond donors (Lipinski definition) is 1. The van der Waals surface area contributed by atoms with Gasteiger partial charge in [-0.15, -0.1) is 0 Å². The second kappa shape index (κ2) is 6.77. The molecule has 6 nitrogen and oxygen atoms in total. The van der Waals surface area contributed by atoms with Crippen LogP contribution in [0.15, 0.2) is 53.3 Å². The normalized spacial score (nSPS) is 10.7. The fraction of sp³-hybridized carbons (Fsp3) is 0.118. The third kappa shape index (κ3) is 3.27. The number of rotatable bonds is 5. The molecule has 0 spiro atoms. The largest absolute Gasteiger partial charge is 0.425 e. The molecule has 2 aromatic carbocycles. The van der Waals surface area contributed by atoms with Crippen molar-refractivity contribution in [1.82, 2.24) is 4.57 Å². The van der Waals surface area contributed by atoms with Crippen LogP contribution in [0, 0.1) is 0 Å². The predicted molar refractivity (Wildman–Crippen MR) is 91.5 cm³/mol. The van der Waals surface area contributed by atoms with Crippen LogP contribution >= 0.6 is 11.3 Å². The molecular formula is C17H14N2O4S. The first-order valence-corrected chi connectivity index (χ1v) is 8.02. The highest BCUT2D eigenvalue weighted by atomic mass is 32.1. The molecule has 0 atom stereocenters. The summed E-state index contributed by atoms with van der Waals surface area (Å²) in [4.78, 5) is 35.3. The number of benzene rings is 2. The zero-order valence-electron chi connectivity index (χ0n) is 12.6. The van der Waals surface area contributed by atoms with Crippen LogP contribution in [0.3, 0.4) is 0 Å². The average molecular weight is 342 g/mol. The predicted octanol–water partition coefficient (Wildman–Crippen LogP) is 1.81. The van der Waals surface area contributed by atoms with Gasteiger partial charge in [-0.2, -0.15) is 0 Å². The van der Waals surface area contributed by atoms with E-state index < -0.39 is 5.97 Å². The molecule has 0 aliphatic rings. The Morgan fingerprint density at radius 1 is 1.08 bits per heavy atom. The summed E-state index contributed by atoms with van der Waals surface area (Å²) < 4.78 is 7.43. The third-order valence-electron chi connectivity index (χ3n) is 3.45. The molecule has 1 aromatic heterocycles. The molecule has 0 saturated carbocycles. The second-order valence-corrected chi connectivity index (χ2v) is 6.04. The van der Waals surface area contributed by atoms with Crippen molar-refractivity contribution in [2.45, 2.75) is 6.54 Å². The number of para-hydroxylation sites is 1. The Balaban J connectivity index is 1.74. The number of carbonyl (C=O) groups is 2. The number of carbonyl (C=O) groups excluding carboxylic acids is 2. The lowest BCUT2D eigenvalue weighted by Gasteiger charge is -2.06. The van der Waals surface area contributed by atoms with Crippen LogP contribution in [0.4, 0.5) is 0 Å². The molecule has 122 valence electrons. The molecule has 0 aliphatic carbocycles. The number of esters is 1. The highest BCUT2D eigenvalue weighted by molar-refractivity contribution is 7.16. The molecule has 0 unspecified atom stereocenters. The Bertz CT molecular complexity index is 957. The van der Waals surface area contributed by atoms with Gasteiger partial charge in [0.1, 0.15) is 12.3 Å². The van der Waals surface area contributed by atoms with Gasteiger partial charge in [-0.25, -0.2) is 4.79 Å². The van der Waals surface area contributed by atoms with Gasteiger partial charge < -0.3 is 10.5 Å². The highest BCUT2D eigenvalue weighted by Gasteiger charge is 2.13. The maximum atomic E-state index is 12.1. The minimum absolute atomic E-state index is 0.0761. The number of Topliss-reactive ketones (excluding diaryl/α,β-unsaturated/α-hetero) is 1. The molecule has 2 N–H and O–H groups in total. The van der Waals surface area contributed by atoms with Crippen molar-refractivity contribution in [2.75, 3.05) is 6.54 Å². The Morgan fingerprint density at radius 2 is 1.79 bits per heavy atom. The van der Waals surface area contributed by atoms with Gasteiger partial charge in [0.2, 0.25) is 0 Å². The summed E-state index contributed by atoms with van der Waals surface area (Å²) in [5, 5.41) is 0. The van der Waals surface area contributed by atoms with Gasteiger partial charge in [-0.05, 0) is 36.4 Å². The summed E-state index contributed by atoms with van der Waals surface area (Å²) in [7, 11) is 0. The van der Waals surface area contributed by atoms with E-state index in [4.69, 9.17) is 10.5 Å². The smallest absolute Gasteiger partial charge is 0.331 e. The Morgan fingerprint density at radius 3 is 2.50 bits per heavy atom. The summed E-state index contributed by atoms with van der Waals surface area (Å²) in [5.41, 5.74) is 6.45. The summed E-state index contributed by atoms with van der Waals surface area (Å²) in [6.07, 6.45) is 0. The van der Waals surface area contributed by atoms with Crippen LogP contribution in [-0.4, -0.2) is 22.9 Å². The quantitative estimate of drug-likeness (QED) is 0.434. The summed E-state index contributed by atoms with van der Waals surface area (Å²) in [6.45, 7) is -0.250. The Hall–Kier alpha value is -2.77. The lowest BCUT2D eigenvalue weighted by atomic mass is 10.1. The Labute approximate surface area is 141 Å². The number of fused-ring (bicyclic) bond motifs is 1. The average Bonchev–Trinajstić information content (AvgIpc) is 2.90. The van der Waals surface area contributed by atoms with E-state index in [1.807, 2.05) is 18.2 Å². The number of ether oxygens (including phenoxy) is 1. The van der Waals surface area contributed by atoms with Gasteiger partial charge in [0.05, 0.1) is 16.8 Å². The number of thiazole rings is 1. The van der Waals surface area contributed by atoms with E-state index in [1.54, 1.807) is 18.2 Å². The van der Waals surface area contributed by atoms with Crippen LogP contribution in [0.5, 0.6) is 5.75 Å². The number of nitrogens with two attached hydrogens (primary N) is 1. The minimum Gasteiger partial charge on any atom is -0.425 e. The molecule has 7 heteroatoms. The van der Waals surface area contributed by atoms with Gasteiger partial charge in [-0.3, -0.25) is 14.2 Å². The summed E-state index contributed by atoms with van der Waals surface area (Å²) in [5.74, 6) is -0.441. The fourth-order valence-electron chi connectivity index (χ4n) is 2.28. The van der Waals surface area contributed by atoms with Crippen molar-refractivity contribution < 1.29 is 14.3 Å². The van der Waals surface area contributed by atoms with E-state index in [0.29, 0.717) is 16.8 Å². The first-order valence-electron chi connectivity index (χ1n) is 7.21. The fourth-order valence-corrected chi connectivity index (χ4v) is 3.17. The van der Waals surface area contributed by atoms with E-state index in [1.165, 1.54) is 16.7 Å². The van der Waals surface area contributed by atoms with Gasteiger partial charge in [0.25, 0.3) is 0 Å². The number of aromatic nitrogens is 1. The standard InChI is InChI=1S/C17H14N2O4S/c18-9-14(20)11-5-7-12(8-6-11)23-16(21)10-19-13-3-1-2-4-15(13)24-17(19)22/h1-8H,9-10,18H2. The molecule has 1 heterocycles. The number of hydrogen-bond acceptors (Lipinski definition) is 6. The van der Waals surface area contributed by atoms with E-state index >= 15 is 0 Å². The van der Waals surface area contributed by atoms with Gasteiger partial charge in [0, 0.05) is 5.56 Å². The van der Waals surface area contributed by atoms with Crippen LogP contribution in [0.1, 0.15) is 10.4 Å². The van der Waals surface area contributed by atoms with Crippen LogP contribution in [-0.2, 0) is 11.3 Å². The van der Waals surface area contributed by atoms with Crippen LogP contribution in [0.25, 0.3) is 10.2 Å². The van der Waals surface area contributed by atoms with Gasteiger partial charge >= 0.3 is 10.8 Å². The molecule has 0 amide bonds. The summed E-state index contributed by atoms with van der Waals surface area (Å²) >= 11 is 1.08. The van der Waals surface area contributed by atoms with Crippen molar-refractivity contribution in [3.63, 3.8) is 0 Å². The van der Waals surface area contributed by atoms with Gasteiger partial charge in [-0.1, -0.05) is 23.5 Å². The zero-order chi connectivity index (χ0) is 17.1. The SMILES string of the molecule is NCC(=O)c1ccc(OC(=O)Cn2c(=O)sc3ccccc32)cc1. The van der Waals surface area contributed by atoms with E-state index in [-0.39, 0.29) is 23.7 Å². The number of nitrogens with zero attached hydrogens (tertiary/aromatic N) is 1. The molecule has 0 aliphatic heterocycles. The van der Waals surface area contributed by atoms with E-state index in [2.05, 4.69) is 0 Å². The lowest BCUT2D eigenvalue weighted by Crippen LogP contribution is -2.22. The molecule has 0 radical (unpaired) electrons. The second-order valence-electron chi connectivity index (χ2n) is 5.05. The van der Waals surface area contributed by atoms with Crippen LogP contribution in [0.2, 0.25) is 0 Å². The van der Waals surface area contributed by atoms with E-state index in [0.717, 1.165) is 16.0 Å². The molecular weight excluding hydrogens is 328 g/mol. The maximum absolute atomic E-state index is 12.1. The molecule has 0 saturated heterocycles. The minimum atomic E-state index is -0.557. The molecule has 0 bridgehead atoms. The monoisotopic (exact) mass is 342 g/mol. The van der Waals surface area contributed by atoms with Crippen LogP contribution < -0.4 is 15.3 Å². The molecule has 24 heavy (non-hydrogen) atoms. The molecule has 3 rings (SSSR count). The van der Waals surface area contributed by atoms with Crippen molar-refractivity contribution >= 4 is 33.3 Å². The number of ketones is 1. The first-order chi connectivity index (χ1) is 11.6. The topological polar surface area (TPSA) is 91.4 Å². The zero-order valence-corrected chi connectivity index (χ0v) is 13.4. The van der Waals surface area contributed by atoms with Crippen molar-refractivity contribution in [3.8, 4) is 5.75 Å². The van der Waals surface area contributed by atoms with E-state index in [9.17, 15) is 14.4 Å². The maximum Gasteiger partial charge on any atom is 0.331 e. The lowest BCUT2D eigenvalue weighted by molar-refractivity contribution is -0.135. The third-order valence-corrected chi connectivity index (χ3v) is 4.41. The Kier molecular flexibility index (Phi) is 4.54. The van der Waals surface area contributed by atoms with Gasteiger partial charge in [0.15, 0.2) is 5.78 Å². The molecule has 3 aromatic rings. The van der Waals surface area contributed by atoms with Crippen molar-refractivity contribution in [1.29, 1.82) is 0 Å².